The largest absolute Gasteiger partial charge is 0.341 e. The number of hydrogen-bond donors (Lipinski definition) is 2. The van der Waals surface area contributed by atoms with Crippen LogP contribution in [0.25, 0.3) is 11.0 Å². The number of imidazole rings is 1. The Hall–Kier alpha value is -3.97. The Balaban J connectivity index is 1.70. The molecule has 0 spiro atoms. The van der Waals surface area contributed by atoms with Crippen molar-refractivity contribution < 1.29 is 9.59 Å². The van der Waals surface area contributed by atoms with Crippen LogP contribution in [0.4, 0.5) is 11.6 Å². The number of carbonyl (C=O) groups excluding carboxylic acids is 2. The van der Waals surface area contributed by atoms with Gasteiger partial charge in [0.2, 0.25) is 11.9 Å². The zero-order valence-electron chi connectivity index (χ0n) is 20.8. The average Bonchev–Trinajstić information content (AvgIpc) is 3.24. The second-order valence-electron chi connectivity index (χ2n) is 9.23. The van der Waals surface area contributed by atoms with Gasteiger partial charge in [-0.2, -0.15) is 5.10 Å². The Morgan fingerprint density at radius 1 is 1.28 bits per heavy atom. The van der Waals surface area contributed by atoms with Gasteiger partial charge in [-0.1, -0.05) is 31.9 Å². The first kappa shape index (κ1) is 25.1. The maximum atomic E-state index is 13.5. The number of ketones is 1. The number of hydrogen-bond acceptors (Lipinski definition) is 7. The predicted octanol–water partition coefficient (Wildman–Crippen LogP) is 2.02. The number of fused-ring (bicyclic) bond motifs is 1. The van der Waals surface area contributed by atoms with E-state index in [0.29, 0.717) is 34.8 Å². The molecule has 1 amide bonds. The molecule has 10 nitrogen and oxygen atoms in total. The second-order valence-corrected chi connectivity index (χ2v) is 9.23. The van der Waals surface area contributed by atoms with E-state index in [1.54, 1.807) is 49.6 Å². The number of benzene rings is 1. The standard InChI is InChI=1S/C26H31N7O3/c1-4-5-13-32-23-21(30-26(32)31-12-8-9-18(27)15-31)14-28-33(25(23)36)16-22(34)19-10-6-7-11-20(19)29-24(35)17(2)3/h6-7,10-11,14,17-18H,8-9,12-13,15-16,27H2,1-3H3,(H,29,35). The number of carbonyl (C=O) groups is 2. The van der Waals surface area contributed by atoms with Crippen LogP contribution in [0.1, 0.15) is 44.0 Å². The molecule has 10 heteroatoms. The number of aromatic nitrogens is 4. The fourth-order valence-corrected chi connectivity index (χ4v) is 4.26. The van der Waals surface area contributed by atoms with E-state index in [9.17, 15) is 14.4 Å². The van der Waals surface area contributed by atoms with Gasteiger partial charge in [-0.05, 0) is 31.9 Å². The van der Waals surface area contributed by atoms with Crippen LogP contribution in [0.3, 0.4) is 0 Å². The quantitative estimate of drug-likeness (QED) is 0.384. The third-order valence-electron chi connectivity index (χ3n) is 6.19. The van der Waals surface area contributed by atoms with Crippen LogP contribution in [0.5, 0.6) is 0 Å². The van der Waals surface area contributed by atoms with Gasteiger partial charge in [0.25, 0.3) is 5.56 Å². The summed E-state index contributed by atoms with van der Waals surface area (Å²) in [7, 11) is 0. The minimum absolute atomic E-state index is 0.0351. The summed E-state index contributed by atoms with van der Waals surface area (Å²) in [5.41, 5.74) is 7.26. The Kier molecular flexibility index (Phi) is 7.50. The molecule has 1 fully saturated rings. The highest BCUT2D eigenvalue weighted by Gasteiger charge is 2.25. The number of para-hydroxylation sites is 1. The Labute approximate surface area is 209 Å². The minimum Gasteiger partial charge on any atom is -0.341 e. The Morgan fingerprint density at radius 2 is 2.06 bits per heavy atom. The summed E-state index contributed by atoms with van der Waals surface area (Å²) in [5, 5.41) is 7.01. The molecule has 0 radical (unpaired) electrons. The molecule has 1 aliphatic heterocycles. The van der Waals surface area contributed by atoms with Crippen LogP contribution in [0.15, 0.2) is 35.3 Å². The fourth-order valence-electron chi connectivity index (χ4n) is 4.26. The molecule has 1 saturated heterocycles. The Bertz CT molecular complexity index is 1410. The molecular weight excluding hydrogens is 458 g/mol. The van der Waals surface area contributed by atoms with E-state index < -0.39 is 5.56 Å². The summed E-state index contributed by atoms with van der Waals surface area (Å²) in [6.45, 7) is 6.72. The lowest BCUT2D eigenvalue weighted by Gasteiger charge is -2.31. The topological polar surface area (TPSA) is 128 Å². The van der Waals surface area contributed by atoms with E-state index in [1.165, 1.54) is 6.20 Å². The zero-order chi connectivity index (χ0) is 25.8. The number of nitrogens with two attached hydrogens (primary N) is 1. The van der Waals surface area contributed by atoms with Crippen LogP contribution < -0.4 is 21.5 Å². The summed E-state index contributed by atoms with van der Waals surface area (Å²) in [6, 6.07) is 6.78. The molecular formula is C26H31N7O3. The van der Waals surface area contributed by atoms with Gasteiger partial charge in [0.15, 0.2) is 5.78 Å². The van der Waals surface area contributed by atoms with E-state index in [0.717, 1.165) is 24.1 Å². The van der Waals surface area contributed by atoms with Gasteiger partial charge >= 0.3 is 0 Å². The normalized spacial score (nSPS) is 15.6. The van der Waals surface area contributed by atoms with Gasteiger partial charge in [-0.3, -0.25) is 19.0 Å². The van der Waals surface area contributed by atoms with Crippen LogP contribution in [0, 0.1) is 17.8 Å². The first-order valence-corrected chi connectivity index (χ1v) is 12.1. The summed E-state index contributed by atoms with van der Waals surface area (Å²) < 4.78 is 2.92. The van der Waals surface area contributed by atoms with Crippen molar-refractivity contribution in [3.8, 4) is 11.8 Å². The summed E-state index contributed by atoms with van der Waals surface area (Å²) in [6.07, 6.45) is 3.38. The molecule has 1 atom stereocenters. The molecule has 1 aliphatic rings. The summed E-state index contributed by atoms with van der Waals surface area (Å²) >= 11 is 0. The van der Waals surface area contributed by atoms with Crippen molar-refractivity contribution >= 4 is 34.4 Å². The van der Waals surface area contributed by atoms with E-state index in [1.807, 2.05) is 0 Å². The first-order valence-electron chi connectivity index (χ1n) is 12.1. The zero-order valence-corrected chi connectivity index (χ0v) is 20.8. The van der Waals surface area contributed by atoms with Gasteiger partial charge in [-0.15, -0.1) is 5.92 Å². The van der Waals surface area contributed by atoms with Gasteiger partial charge in [0.05, 0.1) is 18.4 Å². The van der Waals surface area contributed by atoms with Crippen LogP contribution in [-0.2, 0) is 17.9 Å². The average molecular weight is 490 g/mol. The van der Waals surface area contributed by atoms with Crippen molar-refractivity contribution in [3.05, 3.63) is 46.4 Å². The molecule has 1 unspecified atom stereocenters. The highest BCUT2D eigenvalue weighted by molar-refractivity contribution is 6.05. The number of piperidine rings is 1. The fraction of sp³-hybridized carbons (Fsp3) is 0.423. The summed E-state index contributed by atoms with van der Waals surface area (Å²) in [5.74, 6) is 5.75. The van der Waals surface area contributed by atoms with E-state index >= 15 is 0 Å². The van der Waals surface area contributed by atoms with E-state index in [4.69, 9.17) is 5.73 Å². The van der Waals surface area contributed by atoms with Crippen LogP contribution in [-0.4, -0.2) is 50.2 Å². The van der Waals surface area contributed by atoms with E-state index in [-0.39, 0.29) is 36.7 Å². The molecule has 3 heterocycles. The number of anilines is 2. The monoisotopic (exact) mass is 489 g/mol. The van der Waals surface area contributed by atoms with Crippen molar-refractivity contribution in [1.29, 1.82) is 0 Å². The highest BCUT2D eigenvalue weighted by Crippen LogP contribution is 2.23. The molecule has 2 aromatic heterocycles. The molecule has 188 valence electrons. The van der Waals surface area contributed by atoms with E-state index in [2.05, 4.69) is 32.1 Å². The SMILES string of the molecule is CC#CCn1c(N2CCCC(N)C2)nc2cnn(CC(=O)c3ccccc3NC(=O)C(C)C)c(=O)c21. The molecule has 3 N–H and O–H groups in total. The molecule has 3 aromatic rings. The van der Waals surface area contributed by atoms with Gasteiger partial charge in [-0.25, -0.2) is 9.67 Å². The van der Waals surface area contributed by atoms with Gasteiger partial charge in [0, 0.05) is 30.6 Å². The molecule has 36 heavy (non-hydrogen) atoms. The number of rotatable bonds is 7. The van der Waals surface area contributed by atoms with Gasteiger partial charge in [0.1, 0.15) is 17.6 Å². The maximum Gasteiger partial charge on any atom is 0.293 e. The molecule has 1 aromatic carbocycles. The lowest BCUT2D eigenvalue weighted by atomic mass is 10.1. The van der Waals surface area contributed by atoms with Crippen LogP contribution >= 0.6 is 0 Å². The number of amides is 1. The molecule has 4 rings (SSSR count). The molecule has 0 saturated carbocycles. The Morgan fingerprint density at radius 3 is 2.78 bits per heavy atom. The van der Waals surface area contributed by atoms with Gasteiger partial charge < -0.3 is 16.0 Å². The van der Waals surface area contributed by atoms with Crippen LogP contribution in [0.2, 0.25) is 0 Å². The molecule has 0 aliphatic carbocycles. The third kappa shape index (κ3) is 5.16. The third-order valence-corrected chi connectivity index (χ3v) is 6.19. The highest BCUT2D eigenvalue weighted by atomic mass is 16.2. The first-order chi connectivity index (χ1) is 17.3. The van der Waals surface area contributed by atoms with Crippen molar-refractivity contribution in [3.63, 3.8) is 0 Å². The second kappa shape index (κ2) is 10.7. The lowest BCUT2D eigenvalue weighted by Crippen LogP contribution is -2.44. The van der Waals surface area contributed by atoms with Crippen molar-refractivity contribution in [2.45, 2.75) is 52.7 Å². The lowest BCUT2D eigenvalue weighted by molar-refractivity contribution is -0.118. The maximum absolute atomic E-state index is 13.5. The smallest absolute Gasteiger partial charge is 0.293 e. The predicted molar refractivity (Wildman–Crippen MR) is 139 cm³/mol. The number of nitrogens with zero attached hydrogens (tertiary/aromatic N) is 5. The number of Topliss-reactive ketones (excluding diaryl/α,β-unsaturated/α-hetero) is 1. The van der Waals surface area contributed by atoms with Crippen molar-refractivity contribution in [2.75, 3.05) is 23.3 Å². The van der Waals surface area contributed by atoms with Crippen molar-refractivity contribution in [2.24, 2.45) is 11.7 Å². The summed E-state index contributed by atoms with van der Waals surface area (Å²) in [4.78, 5) is 45.7. The number of nitrogens with one attached hydrogen (secondary N) is 1. The molecule has 0 bridgehead atoms. The minimum atomic E-state index is -0.428. The van der Waals surface area contributed by atoms with Crippen molar-refractivity contribution in [1.82, 2.24) is 19.3 Å².